The Balaban J connectivity index is 1.19. The van der Waals surface area contributed by atoms with E-state index < -0.39 is 0 Å². The molecule has 0 amide bonds. The molecular formula is C42H28N2O. The summed E-state index contributed by atoms with van der Waals surface area (Å²) in [6.07, 6.45) is 0. The van der Waals surface area contributed by atoms with Crippen LogP contribution >= 0.6 is 0 Å². The second kappa shape index (κ2) is 10.3. The highest BCUT2D eigenvalue weighted by Gasteiger charge is 2.17. The lowest BCUT2D eigenvalue weighted by Crippen LogP contribution is -1.96. The van der Waals surface area contributed by atoms with Crippen LogP contribution in [0.2, 0.25) is 0 Å². The molecule has 0 radical (unpaired) electrons. The molecule has 0 aliphatic heterocycles. The van der Waals surface area contributed by atoms with E-state index in [9.17, 15) is 0 Å². The third kappa shape index (κ3) is 4.21. The van der Waals surface area contributed by atoms with Crippen LogP contribution in [0.5, 0.6) is 11.5 Å². The van der Waals surface area contributed by atoms with Gasteiger partial charge < -0.3 is 13.9 Å². The summed E-state index contributed by atoms with van der Waals surface area (Å²) in [5.41, 5.74) is 9.42. The van der Waals surface area contributed by atoms with Gasteiger partial charge in [-0.2, -0.15) is 0 Å². The van der Waals surface area contributed by atoms with E-state index in [-0.39, 0.29) is 0 Å². The van der Waals surface area contributed by atoms with Crippen LogP contribution in [0.1, 0.15) is 0 Å². The van der Waals surface area contributed by atoms with Gasteiger partial charge in [0, 0.05) is 32.9 Å². The van der Waals surface area contributed by atoms with E-state index in [0.717, 1.165) is 28.4 Å². The monoisotopic (exact) mass is 576 g/mol. The predicted octanol–water partition coefficient (Wildman–Crippen LogP) is 11.3. The highest BCUT2D eigenvalue weighted by atomic mass is 16.5. The quantitative estimate of drug-likeness (QED) is 0.199. The molecule has 3 nitrogen and oxygen atoms in total. The van der Waals surface area contributed by atoms with Crippen molar-refractivity contribution in [3.05, 3.63) is 170 Å². The highest BCUT2D eigenvalue weighted by Crippen LogP contribution is 2.38. The molecule has 3 heteroatoms. The number of fused-ring (bicyclic) bond motifs is 6. The van der Waals surface area contributed by atoms with Gasteiger partial charge >= 0.3 is 0 Å². The van der Waals surface area contributed by atoms with Gasteiger partial charge in [-0.3, -0.25) is 0 Å². The molecule has 2 heterocycles. The third-order valence-electron chi connectivity index (χ3n) is 8.77. The van der Waals surface area contributed by atoms with Crippen molar-refractivity contribution in [3.63, 3.8) is 0 Å². The number of nitrogens with zero attached hydrogens (tertiary/aromatic N) is 2. The molecular weight excluding hydrogens is 548 g/mol. The van der Waals surface area contributed by atoms with E-state index in [4.69, 9.17) is 4.74 Å². The highest BCUT2D eigenvalue weighted by molar-refractivity contribution is 6.12. The normalized spacial score (nSPS) is 11.6. The van der Waals surface area contributed by atoms with E-state index in [1.807, 2.05) is 42.5 Å². The van der Waals surface area contributed by atoms with Crippen LogP contribution in [0.15, 0.2) is 170 Å². The Kier molecular flexibility index (Phi) is 5.82. The van der Waals surface area contributed by atoms with Crippen LogP contribution < -0.4 is 4.74 Å². The molecule has 0 atom stereocenters. The van der Waals surface area contributed by atoms with Crippen LogP contribution in [0.25, 0.3) is 66.1 Å². The average molecular weight is 577 g/mol. The maximum atomic E-state index is 6.03. The topological polar surface area (TPSA) is 19.1 Å². The molecule has 9 aromatic rings. The summed E-state index contributed by atoms with van der Waals surface area (Å²) in [5.74, 6) is 1.66. The lowest BCUT2D eigenvalue weighted by Gasteiger charge is -2.11. The standard InChI is InChI=1S/C42H28N2O/c1-3-11-31(12-4-1)43-39-17-9-7-15-35(39)37-25-22-32(28-42(37)43)44-40-18-10-8-16-36(40)38-27-30(21-26-41(38)44)29-19-23-34(24-20-29)45-33-13-5-2-6-14-33/h1-28H. The van der Waals surface area contributed by atoms with Crippen molar-refractivity contribution in [2.75, 3.05) is 0 Å². The lowest BCUT2D eigenvalue weighted by molar-refractivity contribution is 0.483. The number of benzene rings is 7. The zero-order valence-corrected chi connectivity index (χ0v) is 24.5. The van der Waals surface area contributed by atoms with Crippen molar-refractivity contribution in [2.45, 2.75) is 0 Å². The summed E-state index contributed by atoms with van der Waals surface area (Å²) in [5, 5.41) is 4.98. The van der Waals surface area contributed by atoms with E-state index in [2.05, 4.69) is 137 Å². The van der Waals surface area contributed by atoms with Crippen molar-refractivity contribution >= 4 is 43.6 Å². The second-order valence-electron chi connectivity index (χ2n) is 11.4. The number of para-hydroxylation sites is 4. The molecule has 0 N–H and O–H groups in total. The van der Waals surface area contributed by atoms with Crippen molar-refractivity contribution < 1.29 is 4.74 Å². The summed E-state index contributed by atoms with van der Waals surface area (Å²) in [4.78, 5) is 0. The van der Waals surface area contributed by atoms with Gasteiger partial charge in [0.1, 0.15) is 11.5 Å². The third-order valence-corrected chi connectivity index (χ3v) is 8.77. The first-order valence-electron chi connectivity index (χ1n) is 15.3. The molecule has 0 unspecified atom stereocenters. The Bertz CT molecular complexity index is 2490. The van der Waals surface area contributed by atoms with E-state index in [0.29, 0.717) is 0 Å². The predicted molar refractivity (Wildman–Crippen MR) is 187 cm³/mol. The maximum absolute atomic E-state index is 6.03. The van der Waals surface area contributed by atoms with Gasteiger partial charge in [-0.05, 0) is 83.9 Å². The zero-order chi connectivity index (χ0) is 29.7. The first-order valence-corrected chi connectivity index (χ1v) is 15.3. The summed E-state index contributed by atoms with van der Waals surface area (Å²) >= 11 is 0. The number of rotatable bonds is 5. The summed E-state index contributed by atoms with van der Waals surface area (Å²) in [7, 11) is 0. The summed E-state index contributed by atoms with van der Waals surface area (Å²) in [6, 6.07) is 60.0. The molecule has 0 saturated heterocycles. The first kappa shape index (κ1) is 25.4. The van der Waals surface area contributed by atoms with Gasteiger partial charge in [0.2, 0.25) is 0 Å². The molecule has 0 aliphatic carbocycles. The fraction of sp³-hybridized carbons (Fsp3) is 0. The van der Waals surface area contributed by atoms with Crippen LogP contribution in [-0.2, 0) is 0 Å². The van der Waals surface area contributed by atoms with Crippen molar-refractivity contribution in [1.82, 2.24) is 9.13 Å². The molecule has 0 aliphatic rings. The van der Waals surface area contributed by atoms with Crippen molar-refractivity contribution in [3.8, 4) is 34.0 Å². The first-order chi connectivity index (χ1) is 22.3. The van der Waals surface area contributed by atoms with Gasteiger partial charge in [-0.15, -0.1) is 0 Å². The molecule has 7 aromatic carbocycles. The van der Waals surface area contributed by atoms with Crippen LogP contribution in [0, 0.1) is 0 Å². The Morgan fingerprint density at radius 1 is 0.311 bits per heavy atom. The van der Waals surface area contributed by atoms with Gasteiger partial charge in [-0.25, -0.2) is 0 Å². The molecule has 0 saturated carbocycles. The molecule has 0 spiro atoms. The van der Waals surface area contributed by atoms with Crippen LogP contribution in [0.4, 0.5) is 0 Å². The van der Waals surface area contributed by atoms with E-state index in [1.165, 1.54) is 49.2 Å². The van der Waals surface area contributed by atoms with E-state index >= 15 is 0 Å². The number of hydrogen-bond donors (Lipinski definition) is 0. The van der Waals surface area contributed by atoms with Crippen LogP contribution in [-0.4, -0.2) is 9.13 Å². The zero-order valence-electron chi connectivity index (χ0n) is 24.5. The number of ether oxygens (including phenoxy) is 1. The Morgan fingerprint density at radius 2 is 0.844 bits per heavy atom. The summed E-state index contributed by atoms with van der Waals surface area (Å²) < 4.78 is 10.8. The second-order valence-corrected chi connectivity index (χ2v) is 11.4. The molecule has 212 valence electrons. The summed E-state index contributed by atoms with van der Waals surface area (Å²) in [6.45, 7) is 0. The van der Waals surface area contributed by atoms with Crippen LogP contribution in [0.3, 0.4) is 0 Å². The maximum Gasteiger partial charge on any atom is 0.127 e. The minimum Gasteiger partial charge on any atom is -0.457 e. The van der Waals surface area contributed by atoms with Crippen molar-refractivity contribution in [1.29, 1.82) is 0 Å². The molecule has 9 rings (SSSR count). The molecule has 2 aromatic heterocycles. The Labute approximate surface area is 260 Å². The Hall–Kier alpha value is -6.06. The average Bonchev–Trinajstić information content (AvgIpc) is 3.61. The fourth-order valence-corrected chi connectivity index (χ4v) is 6.72. The van der Waals surface area contributed by atoms with Gasteiger partial charge in [0.15, 0.2) is 0 Å². The van der Waals surface area contributed by atoms with Gasteiger partial charge in [0.05, 0.1) is 22.1 Å². The fourth-order valence-electron chi connectivity index (χ4n) is 6.72. The number of hydrogen-bond acceptors (Lipinski definition) is 1. The minimum atomic E-state index is 0.825. The van der Waals surface area contributed by atoms with Crippen molar-refractivity contribution in [2.24, 2.45) is 0 Å². The van der Waals surface area contributed by atoms with Gasteiger partial charge in [-0.1, -0.05) is 97.1 Å². The number of aromatic nitrogens is 2. The molecule has 45 heavy (non-hydrogen) atoms. The smallest absolute Gasteiger partial charge is 0.127 e. The Morgan fingerprint density at radius 3 is 1.58 bits per heavy atom. The minimum absolute atomic E-state index is 0.825. The molecule has 0 bridgehead atoms. The molecule has 0 fully saturated rings. The van der Waals surface area contributed by atoms with Gasteiger partial charge in [0.25, 0.3) is 0 Å². The SMILES string of the molecule is c1ccc(Oc2ccc(-c3ccc4c(c3)c3ccccc3n4-c3ccc4c5ccccc5n(-c5ccccc5)c4c3)cc2)cc1. The van der Waals surface area contributed by atoms with E-state index in [1.54, 1.807) is 0 Å². The lowest BCUT2D eigenvalue weighted by atomic mass is 10.0. The largest absolute Gasteiger partial charge is 0.457 e.